The van der Waals surface area contributed by atoms with Crippen LogP contribution in [0.3, 0.4) is 0 Å². The lowest BCUT2D eigenvalue weighted by molar-refractivity contribution is -0.132. The minimum Gasteiger partial charge on any atom is -0.342 e. The van der Waals surface area contributed by atoms with Crippen LogP contribution in [0.1, 0.15) is 50.9 Å². The number of fused-ring (bicyclic) bond motifs is 1. The van der Waals surface area contributed by atoms with Gasteiger partial charge in [0.15, 0.2) is 0 Å². The van der Waals surface area contributed by atoms with Crippen molar-refractivity contribution in [3.05, 3.63) is 40.4 Å². The van der Waals surface area contributed by atoms with Crippen LogP contribution in [0.2, 0.25) is 0 Å². The molecule has 1 saturated heterocycles. The Morgan fingerprint density at radius 2 is 2.04 bits per heavy atom. The molecule has 1 atom stereocenters. The smallest absolute Gasteiger partial charge is 0.261 e. The van der Waals surface area contributed by atoms with Crippen LogP contribution in [0.4, 0.5) is 0 Å². The molecule has 4 rings (SSSR count). The van der Waals surface area contributed by atoms with Crippen molar-refractivity contribution < 1.29 is 4.79 Å². The molecule has 1 saturated carbocycles. The Balaban J connectivity index is 1.57. The number of benzene rings is 1. The van der Waals surface area contributed by atoms with Gasteiger partial charge in [0.2, 0.25) is 5.91 Å². The number of rotatable bonds is 4. The van der Waals surface area contributed by atoms with E-state index in [4.69, 9.17) is 4.98 Å². The zero-order chi connectivity index (χ0) is 17.4. The summed E-state index contributed by atoms with van der Waals surface area (Å²) >= 11 is 0. The van der Waals surface area contributed by atoms with Crippen LogP contribution in [0, 0.1) is 5.92 Å². The molecule has 1 aromatic heterocycles. The fourth-order valence-electron chi connectivity index (χ4n) is 3.87. The molecule has 2 aliphatic rings. The number of hydrogen-bond acceptors (Lipinski definition) is 3. The first kappa shape index (κ1) is 16.3. The van der Waals surface area contributed by atoms with Crippen molar-refractivity contribution in [2.75, 3.05) is 13.1 Å². The van der Waals surface area contributed by atoms with Crippen molar-refractivity contribution in [2.24, 2.45) is 5.92 Å². The maximum Gasteiger partial charge on any atom is 0.261 e. The summed E-state index contributed by atoms with van der Waals surface area (Å²) in [5, 5.41) is 0.675. The summed E-state index contributed by atoms with van der Waals surface area (Å²) in [4.78, 5) is 32.1. The van der Waals surface area contributed by atoms with Crippen molar-refractivity contribution in [2.45, 2.75) is 51.5 Å². The van der Waals surface area contributed by atoms with E-state index < -0.39 is 0 Å². The lowest BCUT2D eigenvalue weighted by Gasteiger charge is -2.31. The third-order valence-corrected chi connectivity index (χ3v) is 5.37. The molecule has 2 aromatic rings. The second-order valence-electron chi connectivity index (χ2n) is 7.54. The van der Waals surface area contributed by atoms with Gasteiger partial charge in [-0.25, -0.2) is 4.98 Å². The van der Waals surface area contributed by atoms with Crippen LogP contribution in [-0.4, -0.2) is 33.4 Å². The number of amides is 1. The van der Waals surface area contributed by atoms with E-state index in [0.29, 0.717) is 24.1 Å². The molecule has 1 amide bonds. The Hall–Kier alpha value is -2.17. The van der Waals surface area contributed by atoms with Crippen LogP contribution in [0.25, 0.3) is 10.9 Å². The molecule has 0 N–H and O–H groups in total. The molecule has 1 aromatic carbocycles. The van der Waals surface area contributed by atoms with Gasteiger partial charge in [0, 0.05) is 32.0 Å². The molecule has 132 valence electrons. The van der Waals surface area contributed by atoms with E-state index in [1.165, 1.54) is 6.42 Å². The quantitative estimate of drug-likeness (QED) is 0.860. The number of likely N-dealkylation sites (tertiary alicyclic amines) is 1. The molecule has 5 heteroatoms. The highest BCUT2D eigenvalue weighted by molar-refractivity contribution is 5.78. The van der Waals surface area contributed by atoms with Gasteiger partial charge in [-0.1, -0.05) is 19.1 Å². The molecule has 0 radical (unpaired) electrons. The Morgan fingerprint density at radius 1 is 1.24 bits per heavy atom. The summed E-state index contributed by atoms with van der Waals surface area (Å²) in [7, 11) is 0. The predicted octanol–water partition coefficient (Wildman–Crippen LogP) is 2.92. The number of hydrogen-bond donors (Lipinski definition) is 0. The topological polar surface area (TPSA) is 55.2 Å². The van der Waals surface area contributed by atoms with Gasteiger partial charge in [-0.15, -0.1) is 0 Å². The van der Waals surface area contributed by atoms with Gasteiger partial charge >= 0.3 is 0 Å². The highest BCUT2D eigenvalue weighted by Crippen LogP contribution is 2.35. The molecular weight excluding hydrogens is 314 g/mol. The first-order chi connectivity index (χ1) is 12.1. The molecule has 0 bridgehead atoms. The van der Waals surface area contributed by atoms with Crippen LogP contribution in [0.5, 0.6) is 0 Å². The van der Waals surface area contributed by atoms with E-state index in [1.54, 1.807) is 0 Å². The fraction of sp³-hybridized carbons (Fsp3) is 0.550. The standard InChI is InChI=1S/C20H25N3O2/c1-14-5-4-12-22(13-14)19(24)11-10-18-21-17-7-3-2-6-16(17)20(25)23(18)15-8-9-15/h2-3,6-7,14-15H,4-5,8-13H2,1H3. The van der Waals surface area contributed by atoms with Crippen LogP contribution in [0.15, 0.2) is 29.1 Å². The summed E-state index contributed by atoms with van der Waals surface area (Å²) in [5.41, 5.74) is 0.778. The Morgan fingerprint density at radius 3 is 2.80 bits per heavy atom. The zero-order valence-electron chi connectivity index (χ0n) is 14.8. The molecule has 1 unspecified atom stereocenters. The van der Waals surface area contributed by atoms with E-state index >= 15 is 0 Å². The zero-order valence-corrected chi connectivity index (χ0v) is 14.8. The van der Waals surface area contributed by atoms with E-state index in [0.717, 1.165) is 43.7 Å². The largest absolute Gasteiger partial charge is 0.342 e. The maximum atomic E-state index is 12.8. The fourth-order valence-corrected chi connectivity index (χ4v) is 3.87. The molecule has 2 heterocycles. The van der Waals surface area contributed by atoms with Gasteiger partial charge in [-0.2, -0.15) is 0 Å². The van der Waals surface area contributed by atoms with Gasteiger partial charge in [0.25, 0.3) is 5.56 Å². The number of piperidine rings is 1. The molecule has 0 spiro atoms. The van der Waals surface area contributed by atoms with Crippen LogP contribution < -0.4 is 5.56 Å². The minimum atomic E-state index is 0.0437. The Kier molecular flexibility index (Phi) is 4.32. The van der Waals surface area contributed by atoms with Gasteiger partial charge in [-0.05, 0) is 43.7 Å². The highest BCUT2D eigenvalue weighted by atomic mass is 16.2. The van der Waals surface area contributed by atoms with Crippen molar-refractivity contribution in [3.8, 4) is 0 Å². The van der Waals surface area contributed by atoms with Gasteiger partial charge < -0.3 is 4.90 Å². The van der Waals surface area contributed by atoms with Crippen LogP contribution in [-0.2, 0) is 11.2 Å². The lowest BCUT2D eigenvalue weighted by atomic mass is 10.00. The predicted molar refractivity (Wildman–Crippen MR) is 97.6 cm³/mol. The van der Waals surface area contributed by atoms with Crippen molar-refractivity contribution in [1.29, 1.82) is 0 Å². The summed E-state index contributed by atoms with van der Waals surface area (Å²) in [6.07, 6.45) is 5.34. The van der Waals surface area contributed by atoms with E-state index in [9.17, 15) is 9.59 Å². The second-order valence-corrected chi connectivity index (χ2v) is 7.54. The molecule has 1 aliphatic carbocycles. The third kappa shape index (κ3) is 3.32. The SMILES string of the molecule is CC1CCCN(C(=O)CCc2nc3ccccc3c(=O)n2C2CC2)C1. The average Bonchev–Trinajstić information content (AvgIpc) is 3.44. The van der Waals surface area contributed by atoms with Gasteiger partial charge in [0.1, 0.15) is 5.82 Å². The number of aryl methyl sites for hydroxylation is 1. The molecule has 5 nitrogen and oxygen atoms in total. The number of para-hydroxylation sites is 1. The number of carbonyl (C=O) groups excluding carboxylic acids is 1. The number of aromatic nitrogens is 2. The van der Waals surface area contributed by atoms with Crippen molar-refractivity contribution in [1.82, 2.24) is 14.5 Å². The van der Waals surface area contributed by atoms with Crippen molar-refractivity contribution in [3.63, 3.8) is 0 Å². The maximum absolute atomic E-state index is 12.8. The van der Waals surface area contributed by atoms with E-state index in [2.05, 4.69) is 6.92 Å². The minimum absolute atomic E-state index is 0.0437. The highest BCUT2D eigenvalue weighted by Gasteiger charge is 2.29. The number of carbonyl (C=O) groups is 1. The lowest BCUT2D eigenvalue weighted by Crippen LogP contribution is -2.39. The Labute approximate surface area is 147 Å². The Bertz CT molecular complexity index is 854. The summed E-state index contributed by atoms with van der Waals surface area (Å²) in [6, 6.07) is 7.77. The summed E-state index contributed by atoms with van der Waals surface area (Å²) in [5.74, 6) is 1.54. The van der Waals surface area contributed by atoms with Gasteiger partial charge in [0.05, 0.1) is 10.9 Å². The van der Waals surface area contributed by atoms with Crippen molar-refractivity contribution >= 4 is 16.8 Å². The van der Waals surface area contributed by atoms with Gasteiger partial charge in [-0.3, -0.25) is 14.2 Å². The molecule has 1 aliphatic heterocycles. The first-order valence-electron chi connectivity index (χ1n) is 9.41. The van der Waals surface area contributed by atoms with E-state index in [-0.39, 0.29) is 17.5 Å². The second kappa shape index (κ2) is 6.62. The number of nitrogens with zero attached hydrogens (tertiary/aromatic N) is 3. The monoisotopic (exact) mass is 339 g/mol. The summed E-state index contributed by atoms with van der Waals surface area (Å²) < 4.78 is 1.84. The normalized spacial score (nSPS) is 20.8. The summed E-state index contributed by atoms with van der Waals surface area (Å²) in [6.45, 7) is 3.93. The molecule has 25 heavy (non-hydrogen) atoms. The van der Waals surface area contributed by atoms with Crippen LogP contribution >= 0.6 is 0 Å². The molecular formula is C20H25N3O2. The average molecular weight is 339 g/mol. The third-order valence-electron chi connectivity index (χ3n) is 5.37. The first-order valence-corrected chi connectivity index (χ1v) is 9.41. The molecule has 2 fully saturated rings. The van der Waals surface area contributed by atoms with E-state index in [1.807, 2.05) is 33.7 Å².